The van der Waals surface area contributed by atoms with E-state index in [1.54, 1.807) is 0 Å². The van der Waals surface area contributed by atoms with Gasteiger partial charge in [-0.25, -0.2) is 14.4 Å². The topological polar surface area (TPSA) is 248 Å². The predicted molar refractivity (Wildman–Crippen MR) is 106 cm³/mol. The van der Waals surface area contributed by atoms with Crippen LogP contribution in [-0.2, 0) is 43.0 Å². The third kappa shape index (κ3) is 9.71. The fourth-order valence-corrected chi connectivity index (χ4v) is 2.49. The quantitative estimate of drug-likeness (QED) is 0.0794. The van der Waals surface area contributed by atoms with Gasteiger partial charge in [-0.1, -0.05) is 0 Å². The smallest absolute Gasteiger partial charge is 1.00 e. The maximum absolute atomic E-state index is 12.4. The molecule has 0 bridgehead atoms. The normalized spacial score (nSPS) is 13.5. The fourth-order valence-electron chi connectivity index (χ4n) is 2.49. The maximum Gasteiger partial charge on any atom is 1.00 e. The number of ether oxygens (including phenoxy) is 3. The first-order chi connectivity index (χ1) is 16.1. The van der Waals surface area contributed by atoms with Crippen LogP contribution in [0, 0.1) is 0 Å². The molecular weight excluding hydrogens is 503 g/mol. The van der Waals surface area contributed by atoms with Crippen molar-refractivity contribution in [2.75, 3.05) is 7.11 Å². The molecule has 0 saturated carbocycles. The molecule has 15 nitrogen and oxygen atoms in total. The summed E-state index contributed by atoms with van der Waals surface area (Å²) >= 11 is 0. The van der Waals surface area contributed by atoms with Gasteiger partial charge in [-0.05, 0) is 24.3 Å². The Morgan fingerprint density at radius 3 is 1.69 bits per heavy atom. The summed E-state index contributed by atoms with van der Waals surface area (Å²) < 4.78 is 13.0. The molecule has 0 fully saturated rings. The number of carboxylic acids is 2. The van der Waals surface area contributed by atoms with Crippen molar-refractivity contribution in [3.63, 3.8) is 0 Å². The Balaban J connectivity index is 0. The summed E-state index contributed by atoms with van der Waals surface area (Å²) in [4.78, 5) is 81.9. The number of rotatable bonds is 11. The number of aliphatic hydroxyl groups is 2. The van der Waals surface area contributed by atoms with Crippen molar-refractivity contribution in [3.05, 3.63) is 29.8 Å². The predicted octanol–water partition coefficient (Wildman–Crippen LogP) is -4.37. The second-order valence-electron chi connectivity index (χ2n) is 7.12. The van der Waals surface area contributed by atoms with Gasteiger partial charge in [-0.15, -0.1) is 0 Å². The third-order valence-electron chi connectivity index (χ3n) is 4.28. The number of phenols is 1. The molecular formula is C20H21NaO15. The van der Waals surface area contributed by atoms with Crippen LogP contribution in [0.4, 0.5) is 0 Å². The molecule has 2 unspecified atom stereocenters. The van der Waals surface area contributed by atoms with Crippen LogP contribution >= 0.6 is 0 Å². The second-order valence-corrected chi connectivity index (χ2v) is 7.12. The van der Waals surface area contributed by atoms with Crippen molar-refractivity contribution in [1.82, 2.24) is 0 Å². The summed E-state index contributed by atoms with van der Waals surface area (Å²) in [6.07, 6.45) is -5.64. The Morgan fingerprint density at radius 1 is 0.778 bits per heavy atom. The average Bonchev–Trinajstić information content (AvgIpc) is 2.72. The number of esters is 5. The van der Waals surface area contributed by atoms with Gasteiger partial charge in [-0.3, -0.25) is 19.2 Å². The van der Waals surface area contributed by atoms with Gasteiger partial charge in [0.25, 0.3) is 0 Å². The second kappa shape index (κ2) is 13.6. The number of methoxy groups -OCH3 is 1. The summed E-state index contributed by atoms with van der Waals surface area (Å²) in [6.45, 7) is 0. The number of carbonyl (C=O) groups excluding carboxylic acids is 5. The van der Waals surface area contributed by atoms with E-state index in [1.807, 2.05) is 0 Å². The number of benzene rings is 1. The van der Waals surface area contributed by atoms with E-state index in [0.29, 0.717) is 0 Å². The molecule has 0 radical (unpaired) electrons. The first-order valence-electron chi connectivity index (χ1n) is 9.38. The van der Waals surface area contributed by atoms with E-state index < -0.39 is 78.7 Å². The van der Waals surface area contributed by atoms with Gasteiger partial charge in [0.1, 0.15) is 5.75 Å². The van der Waals surface area contributed by atoms with Crippen molar-refractivity contribution < 1.29 is 104 Å². The van der Waals surface area contributed by atoms with Gasteiger partial charge in [0, 0.05) is 0 Å². The molecule has 0 aliphatic heterocycles. The van der Waals surface area contributed by atoms with E-state index in [2.05, 4.69) is 14.2 Å². The first kappa shape index (κ1) is 32.6. The average molecular weight is 524 g/mol. The molecule has 1 aromatic rings. The molecule has 5 N–H and O–H groups in total. The van der Waals surface area contributed by atoms with Gasteiger partial charge in [0.05, 0.1) is 38.4 Å². The largest absolute Gasteiger partial charge is 1.00 e. The van der Waals surface area contributed by atoms with Crippen LogP contribution in [0.3, 0.4) is 0 Å². The summed E-state index contributed by atoms with van der Waals surface area (Å²) in [6, 6.07) is 4.26. The number of aliphatic carboxylic acids is 2. The molecule has 0 heterocycles. The molecule has 0 aromatic heterocycles. The summed E-state index contributed by atoms with van der Waals surface area (Å²) in [5.41, 5.74) is -6.50. The standard InChI is InChI=1S/C20H20O15.Na.H/c1-33-13(24)7-20(32,18(30)35-16(27)10-2-4-11(21)5-3-10)9-15(26)34-14(25)8-19(31,17(28)29)6-12(22)23;;/h2-5,21,31-32H,6-9H2,1H3,(H,22,23)(H,28,29);;/q;+1;-1. The molecule has 0 spiro atoms. The SMILES string of the molecule is COC(=O)CC(O)(CC(=O)OC(=O)CC(O)(CC(=O)O)C(=O)O)C(=O)OC(=O)c1ccc(O)cc1.[H-].[Na+]. The van der Waals surface area contributed by atoms with Gasteiger partial charge >= 0.3 is 71.3 Å². The number of hydrogen-bond donors (Lipinski definition) is 5. The summed E-state index contributed by atoms with van der Waals surface area (Å²) in [7, 11) is 0.868. The number of carbonyl (C=O) groups is 7. The molecule has 2 atom stereocenters. The van der Waals surface area contributed by atoms with Crippen molar-refractivity contribution in [3.8, 4) is 5.75 Å². The van der Waals surface area contributed by atoms with E-state index in [9.17, 15) is 48.9 Å². The Bertz CT molecular complexity index is 1040. The number of carboxylic acid groups (broad SMARTS) is 2. The van der Waals surface area contributed by atoms with Crippen LogP contribution in [0.25, 0.3) is 0 Å². The van der Waals surface area contributed by atoms with Gasteiger partial charge in [0.15, 0.2) is 11.2 Å². The van der Waals surface area contributed by atoms with Crippen LogP contribution in [0.5, 0.6) is 5.75 Å². The third-order valence-corrected chi connectivity index (χ3v) is 4.28. The monoisotopic (exact) mass is 524 g/mol. The van der Waals surface area contributed by atoms with Crippen LogP contribution in [0.1, 0.15) is 37.5 Å². The number of phenolic OH excluding ortho intramolecular Hbond substituents is 1. The van der Waals surface area contributed by atoms with E-state index in [4.69, 9.17) is 10.2 Å². The van der Waals surface area contributed by atoms with E-state index in [1.165, 1.54) is 0 Å². The van der Waals surface area contributed by atoms with E-state index in [0.717, 1.165) is 31.4 Å². The molecule has 0 amide bonds. The zero-order valence-corrected chi connectivity index (χ0v) is 21.0. The molecule has 0 aliphatic rings. The van der Waals surface area contributed by atoms with Crippen molar-refractivity contribution in [1.29, 1.82) is 0 Å². The minimum absolute atomic E-state index is 0. The molecule has 1 aromatic carbocycles. The number of hydrogen-bond acceptors (Lipinski definition) is 13. The van der Waals surface area contributed by atoms with Crippen LogP contribution in [0.15, 0.2) is 24.3 Å². The van der Waals surface area contributed by atoms with Crippen molar-refractivity contribution >= 4 is 41.8 Å². The zero-order valence-electron chi connectivity index (χ0n) is 20.0. The minimum atomic E-state index is -3.14. The molecule has 1 rings (SSSR count). The molecule has 192 valence electrons. The van der Waals surface area contributed by atoms with Crippen LogP contribution < -0.4 is 29.6 Å². The van der Waals surface area contributed by atoms with Gasteiger partial charge in [0.2, 0.25) is 0 Å². The van der Waals surface area contributed by atoms with E-state index >= 15 is 0 Å². The summed E-state index contributed by atoms with van der Waals surface area (Å²) in [5.74, 6) is -12.0. The molecule has 16 heteroatoms. The van der Waals surface area contributed by atoms with E-state index in [-0.39, 0.29) is 42.3 Å². The van der Waals surface area contributed by atoms with Crippen LogP contribution in [-0.4, -0.2) is 85.6 Å². The van der Waals surface area contributed by atoms with Gasteiger partial charge in [-0.2, -0.15) is 0 Å². The minimum Gasteiger partial charge on any atom is -1.00 e. The van der Waals surface area contributed by atoms with Crippen molar-refractivity contribution in [2.24, 2.45) is 0 Å². The first-order valence-corrected chi connectivity index (χ1v) is 9.38. The zero-order chi connectivity index (χ0) is 27.0. The van der Waals surface area contributed by atoms with Gasteiger partial charge < -0.3 is 41.2 Å². The van der Waals surface area contributed by atoms with Crippen molar-refractivity contribution in [2.45, 2.75) is 36.9 Å². The summed E-state index contributed by atoms with van der Waals surface area (Å²) in [5, 5.41) is 47.2. The fraction of sp³-hybridized carbons (Fsp3) is 0.350. The Kier molecular flexibility index (Phi) is 12.4. The number of aromatic hydroxyl groups is 1. The Hall–Kier alpha value is -3.37. The van der Waals surface area contributed by atoms with Crippen LogP contribution in [0.2, 0.25) is 0 Å². The Labute approximate surface area is 225 Å². The molecule has 36 heavy (non-hydrogen) atoms. The molecule has 0 saturated heterocycles. The molecule has 0 aliphatic carbocycles. The Morgan fingerprint density at radius 2 is 1.25 bits per heavy atom. The maximum atomic E-state index is 12.4.